The summed E-state index contributed by atoms with van der Waals surface area (Å²) in [5.41, 5.74) is -1.01. The van der Waals surface area contributed by atoms with Crippen LogP contribution in [0.1, 0.15) is 41.0 Å². The van der Waals surface area contributed by atoms with Crippen molar-refractivity contribution in [3.63, 3.8) is 0 Å². The number of aldehydes is 1. The molecule has 142 valence electrons. The van der Waals surface area contributed by atoms with Gasteiger partial charge < -0.3 is 0 Å². The van der Waals surface area contributed by atoms with Crippen molar-refractivity contribution in [3.05, 3.63) is 31.3 Å². The van der Waals surface area contributed by atoms with Crippen LogP contribution in [0.5, 0.6) is 0 Å². The molecule has 2 aromatic rings. The monoisotopic (exact) mass is 392 g/mol. The van der Waals surface area contributed by atoms with E-state index in [2.05, 4.69) is 0 Å². The maximum Gasteiger partial charge on any atom is 0.332 e. The van der Waals surface area contributed by atoms with Crippen LogP contribution in [-0.4, -0.2) is 27.8 Å². The van der Waals surface area contributed by atoms with Gasteiger partial charge in [0.25, 0.3) is 5.56 Å². The first-order chi connectivity index (χ1) is 12.1. The van der Waals surface area contributed by atoms with Crippen molar-refractivity contribution in [2.45, 2.75) is 51.6 Å². The SMILES string of the molecule is Cc1c(C=O)sc2c1c(=O)n(C1CC1C)c(=O)n2CCC(F)(F)C(F)F. The molecule has 0 spiro atoms. The lowest BCUT2D eigenvalue weighted by Crippen LogP contribution is -2.41. The first-order valence-corrected chi connectivity index (χ1v) is 8.81. The number of hydrogen-bond acceptors (Lipinski definition) is 4. The number of nitrogens with zero attached hydrogens (tertiary/aromatic N) is 2. The molecule has 2 aromatic heterocycles. The average molecular weight is 392 g/mol. The second-order valence-corrected chi connectivity index (χ2v) is 7.62. The lowest BCUT2D eigenvalue weighted by Gasteiger charge is -2.17. The highest BCUT2D eigenvalue weighted by Crippen LogP contribution is 2.41. The number of fused-ring (bicyclic) bond motifs is 1. The Hall–Kier alpha value is -1.97. The maximum absolute atomic E-state index is 13.3. The van der Waals surface area contributed by atoms with Gasteiger partial charge in [-0.1, -0.05) is 6.92 Å². The van der Waals surface area contributed by atoms with Gasteiger partial charge in [-0.05, 0) is 24.8 Å². The van der Waals surface area contributed by atoms with E-state index >= 15 is 0 Å². The van der Waals surface area contributed by atoms with Gasteiger partial charge in [0.1, 0.15) is 4.83 Å². The molecular formula is C16H16F4N2O3S. The molecule has 1 fully saturated rings. The van der Waals surface area contributed by atoms with Gasteiger partial charge in [-0.15, -0.1) is 11.3 Å². The molecule has 0 amide bonds. The molecule has 1 aliphatic carbocycles. The van der Waals surface area contributed by atoms with Crippen LogP contribution in [0.15, 0.2) is 9.59 Å². The summed E-state index contributed by atoms with van der Waals surface area (Å²) in [5, 5.41) is 0.108. The van der Waals surface area contributed by atoms with Gasteiger partial charge in [-0.25, -0.2) is 22.4 Å². The van der Waals surface area contributed by atoms with Crippen LogP contribution in [0.4, 0.5) is 17.6 Å². The zero-order chi connectivity index (χ0) is 19.4. The fourth-order valence-electron chi connectivity index (χ4n) is 3.02. The number of halogens is 4. The van der Waals surface area contributed by atoms with Crippen molar-refractivity contribution < 1.29 is 22.4 Å². The zero-order valence-corrected chi connectivity index (χ0v) is 14.8. The highest BCUT2D eigenvalue weighted by molar-refractivity contribution is 7.20. The summed E-state index contributed by atoms with van der Waals surface area (Å²) in [5.74, 6) is -4.17. The Morgan fingerprint density at radius 3 is 2.46 bits per heavy atom. The molecule has 0 bridgehead atoms. The van der Waals surface area contributed by atoms with Gasteiger partial charge in [-0.3, -0.25) is 18.7 Å². The van der Waals surface area contributed by atoms with E-state index in [1.807, 2.05) is 6.92 Å². The summed E-state index contributed by atoms with van der Waals surface area (Å²) in [6.07, 6.45) is -3.98. The molecule has 10 heteroatoms. The van der Waals surface area contributed by atoms with Crippen LogP contribution < -0.4 is 11.2 Å². The molecule has 0 radical (unpaired) electrons. The van der Waals surface area contributed by atoms with Gasteiger partial charge in [0.05, 0.1) is 10.3 Å². The summed E-state index contributed by atoms with van der Waals surface area (Å²) < 4.78 is 53.5. The molecule has 5 nitrogen and oxygen atoms in total. The van der Waals surface area contributed by atoms with Crippen molar-refractivity contribution in [3.8, 4) is 0 Å². The van der Waals surface area contributed by atoms with Crippen LogP contribution in [0.25, 0.3) is 10.2 Å². The fraction of sp³-hybridized carbons (Fsp3) is 0.562. The second kappa shape index (κ2) is 6.33. The zero-order valence-electron chi connectivity index (χ0n) is 14.0. The minimum Gasteiger partial charge on any atom is -0.297 e. The Labute approximate surface area is 148 Å². The summed E-state index contributed by atoms with van der Waals surface area (Å²) in [4.78, 5) is 37.0. The molecule has 1 aliphatic rings. The van der Waals surface area contributed by atoms with Crippen LogP contribution >= 0.6 is 11.3 Å². The molecule has 0 aliphatic heterocycles. The third-order valence-electron chi connectivity index (χ3n) is 4.77. The van der Waals surface area contributed by atoms with E-state index in [9.17, 15) is 31.9 Å². The van der Waals surface area contributed by atoms with Crippen molar-refractivity contribution in [1.29, 1.82) is 0 Å². The predicted octanol–water partition coefficient (Wildman–Crippen LogP) is 3.22. The third-order valence-corrected chi connectivity index (χ3v) is 6.01. The lowest BCUT2D eigenvalue weighted by molar-refractivity contribution is -0.134. The Kier molecular flexibility index (Phi) is 4.58. The normalized spacial score (nSPS) is 20.1. The number of aryl methyl sites for hydroxylation is 2. The summed E-state index contributed by atoms with van der Waals surface area (Å²) in [6, 6.07) is -0.347. The van der Waals surface area contributed by atoms with Crippen LogP contribution in [0.3, 0.4) is 0 Å². The molecule has 0 N–H and O–H groups in total. The Bertz CT molecular complexity index is 992. The molecule has 1 saturated carbocycles. The first-order valence-electron chi connectivity index (χ1n) is 7.99. The second-order valence-electron chi connectivity index (χ2n) is 6.59. The van der Waals surface area contributed by atoms with Crippen LogP contribution in [0.2, 0.25) is 0 Å². The standard InChI is InChI=1S/C16H16F4N2O3S/c1-7-5-9(7)22-12(24)11-8(2)10(6-23)26-13(11)21(15(22)25)4-3-16(19,20)14(17)18/h6-7,9,14H,3-5H2,1-2H3. The highest BCUT2D eigenvalue weighted by Gasteiger charge is 2.41. The molecule has 0 saturated heterocycles. The van der Waals surface area contributed by atoms with Gasteiger partial charge in [0.2, 0.25) is 0 Å². The number of aromatic nitrogens is 2. The number of carbonyl (C=O) groups is 1. The first kappa shape index (κ1) is 18.8. The van der Waals surface area contributed by atoms with Crippen molar-refractivity contribution in [1.82, 2.24) is 9.13 Å². The van der Waals surface area contributed by atoms with E-state index in [1.165, 1.54) is 6.92 Å². The van der Waals surface area contributed by atoms with Gasteiger partial charge >= 0.3 is 18.0 Å². The minimum absolute atomic E-state index is 0.0641. The van der Waals surface area contributed by atoms with Crippen molar-refractivity contribution in [2.24, 2.45) is 5.92 Å². The smallest absolute Gasteiger partial charge is 0.297 e. The van der Waals surface area contributed by atoms with Crippen LogP contribution in [0, 0.1) is 12.8 Å². The van der Waals surface area contributed by atoms with Crippen LogP contribution in [-0.2, 0) is 6.54 Å². The molecule has 26 heavy (non-hydrogen) atoms. The fourth-order valence-corrected chi connectivity index (χ4v) is 4.15. The van der Waals surface area contributed by atoms with E-state index < -0.39 is 36.6 Å². The topological polar surface area (TPSA) is 61.1 Å². The lowest BCUT2D eigenvalue weighted by atomic mass is 10.2. The molecule has 2 unspecified atom stereocenters. The van der Waals surface area contributed by atoms with Gasteiger partial charge in [0, 0.05) is 19.0 Å². The molecular weight excluding hydrogens is 376 g/mol. The van der Waals surface area contributed by atoms with Gasteiger partial charge in [0.15, 0.2) is 6.29 Å². The number of alkyl halides is 4. The summed E-state index contributed by atoms with van der Waals surface area (Å²) in [6.45, 7) is 2.70. The predicted molar refractivity (Wildman–Crippen MR) is 88.9 cm³/mol. The maximum atomic E-state index is 13.3. The quantitative estimate of drug-likeness (QED) is 0.560. The molecule has 3 rings (SSSR count). The number of carbonyl (C=O) groups excluding carboxylic acids is 1. The van der Waals surface area contributed by atoms with E-state index in [4.69, 9.17) is 0 Å². The van der Waals surface area contributed by atoms with Crippen molar-refractivity contribution >= 4 is 27.8 Å². The number of rotatable bonds is 6. The molecule has 0 aromatic carbocycles. The number of thiophene rings is 1. The van der Waals surface area contributed by atoms with E-state index in [-0.39, 0.29) is 27.1 Å². The summed E-state index contributed by atoms with van der Waals surface area (Å²) in [7, 11) is 0. The van der Waals surface area contributed by atoms with E-state index in [1.54, 1.807) is 0 Å². The largest absolute Gasteiger partial charge is 0.332 e. The van der Waals surface area contributed by atoms with Crippen molar-refractivity contribution in [2.75, 3.05) is 0 Å². The Balaban J connectivity index is 2.22. The van der Waals surface area contributed by atoms with E-state index in [0.29, 0.717) is 18.3 Å². The average Bonchev–Trinajstić information content (AvgIpc) is 3.16. The Morgan fingerprint density at radius 2 is 1.96 bits per heavy atom. The minimum atomic E-state index is -4.25. The molecule has 2 atom stereocenters. The highest BCUT2D eigenvalue weighted by atomic mass is 32.1. The third kappa shape index (κ3) is 2.89. The Morgan fingerprint density at radius 1 is 1.35 bits per heavy atom. The van der Waals surface area contributed by atoms with E-state index in [0.717, 1.165) is 20.5 Å². The summed E-state index contributed by atoms with van der Waals surface area (Å²) >= 11 is 0.829. The number of hydrogen-bond donors (Lipinski definition) is 0. The van der Waals surface area contributed by atoms with Gasteiger partial charge in [-0.2, -0.15) is 0 Å². The molecule has 2 heterocycles.